The first-order valence-corrected chi connectivity index (χ1v) is 15.0. The van der Waals surface area contributed by atoms with Crippen molar-refractivity contribution in [1.82, 2.24) is 9.97 Å². The molecule has 1 N–H and O–H groups in total. The number of aromatic carboxylic acids is 1. The van der Waals surface area contributed by atoms with Crippen LogP contribution in [-0.2, 0) is 14.3 Å². The van der Waals surface area contributed by atoms with Crippen LogP contribution in [0.3, 0.4) is 0 Å². The molecule has 5 rings (SSSR count). The van der Waals surface area contributed by atoms with Gasteiger partial charge in [0.05, 0.1) is 32.6 Å². The van der Waals surface area contributed by atoms with Crippen molar-refractivity contribution in [3.63, 3.8) is 0 Å². The maximum atomic E-state index is 10.8. The van der Waals surface area contributed by atoms with E-state index in [1.807, 2.05) is 45.2 Å². The van der Waals surface area contributed by atoms with E-state index in [1.54, 1.807) is 35.9 Å². The third-order valence-electron chi connectivity index (χ3n) is 4.80. The summed E-state index contributed by atoms with van der Waals surface area (Å²) in [6, 6.07) is 7.24. The normalized spacial score (nSPS) is 11.3. The number of thiophene rings is 2. The molecule has 1 fully saturated rings. The molecule has 0 unspecified atom stereocenters. The summed E-state index contributed by atoms with van der Waals surface area (Å²) < 4.78 is 18.1. The second kappa shape index (κ2) is 22.8. The molecular weight excluding hydrogens is 571 g/mol. The van der Waals surface area contributed by atoms with Gasteiger partial charge in [-0.2, -0.15) is 16.0 Å². The van der Waals surface area contributed by atoms with Crippen LogP contribution in [0, 0.1) is 6.92 Å². The Hall–Kier alpha value is -2.77. The monoisotopic (exact) mass is 610 g/mol. The molecule has 9 nitrogen and oxygen atoms in total. The van der Waals surface area contributed by atoms with Crippen molar-refractivity contribution < 1.29 is 52.6 Å². The van der Waals surface area contributed by atoms with Crippen LogP contribution >= 0.6 is 22.7 Å². The van der Waals surface area contributed by atoms with Crippen molar-refractivity contribution >= 4 is 55.2 Å². The van der Waals surface area contributed by atoms with Gasteiger partial charge in [-0.1, -0.05) is 13.3 Å². The molecule has 0 aliphatic carbocycles. The third kappa shape index (κ3) is 14.9. The summed E-state index contributed by atoms with van der Waals surface area (Å²) >= 11 is 2.86. The maximum Gasteiger partial charge on any atom is 1.00 e. The number of fused-ring (bicyclic) bond motifs is 2. The third-order valence-corrected chi connectivity index (χ3v) is 6.85. The molecule has 1 aliphatic heterocycles. The van der Waals surface area contributed by atoms with Gasteiger partial charge in [-0.25, -0.2) is 4.79 Å². The maximum absolute atomic E-state index is 10.8. The standard InChI is InChI=1S/C11H11NO3S.C10H11NOS.C4H8O.C4H9.CO2.Li/c1-6(2)15-8-3-4-12-7-5-9(11(13)14)16-10(7)8;1-7(2)12-9-3-5-11-8-4-6-13-10(8)9;1-2-4-5-3-1;1-3-4-2;2-1-3;/h3-6H,1-2H3,(H,13,14);3-7H,1-2H3;1-4H2;1,3-4H2,2H3;;/q;;;-1;;+1. The number of carbonyl (C=O) groups excluding carboxylic acids is 2. The average molecular weight is 611 g/mol. The van der Waals surface area contributed by atoms with Gasteiger partial charge < -0.3 is 26.2 Å². The summed E-state index contributed by atoms with van der Waals surface area (Å²) in [6.07, 6.45) is 8.76. The number of hydrogen-bond donors (Lipinski definition) is 1. The second-order valence-electron chi connectivity index (χ2n) is 8.97. The largest absolute Gasteiger partial charge is 1.00 e. The summed E-state index contributed by atoms with van der Waals surface area (Å²) in [6.45, 7) is 15.6. The zero-order valence-corrected chi connectivity index (χ0v) is 26.9. The van der Waals surface area contributed by atoms with Crippen molar-refractivity contribution in [2.75, 3.05) is 13.2 Å². The molecule has 4 aromatic rings. The zero-order valence-electron chi connectivity index (χ0n) is 25.3. The van der Waals surface area contributed by atoms with E-state index in [0.717, 1.165) is 40.3 Å². The fraction of sp³-hybridized carbons (Fsp3) is 0.433. The van der Waals surface area contributed by atoms with E-state index in [2.05, 4.69) is 23.8 Å². The minimum atomic E-state index is -0.932. The molecular formula is C30H39LiN2O7S2. The second-order valence-corrected chi connectivity index (χ2v) is 10.9. The number of carbonyl (C=O) groups is 1. The Bertz CT molecular complexity index is 1320. The average Bonchev–Trinajstić information content (AvgIpc) is 3.72. The van der Waals surface area contributed by atoms with Crippen LogP contribution in [0.2, 0.25) is 0 Å². The Kier molecular flexibility index (Phi) is 21.3. The first-order valence-electron chi connectivity index (χ1n) is 13.3. The van der Waals surface area contributed by atoms with Gasteiger partial charge in [-0.3, -0.25) is 9.97 Å². The number of pyridine rings is 2. The zero-order chi connectivity index (χ0) is 30.6. The van der Waals surface area contributed by atoms with Crippen molar-refractivity contribution in [3.05, 3.63) is 53.8 Å². The van der Waals surface area contributed by atoms with Crippen molar-refractivity contribution in [3.8, 4) is 11.5 Å². The van der Waals surface area contributed by atoms with E-state index in [9.17, 15) is 4.79 Å². The molecule has 0 spiro atoms. The Morgan fingerprint density at radius 2 is 1.50 bits per heavy atom. The van der Waals surface area contributed by atoms with Crippen LogP contribution in [0.5, 0.6) is 11.5 Å². The van der Waals surface area contributed by atoms with Crippen LogP contribution in [0.15, 0.2) is 42.0 Å². The first-order chi connectivity index (χ1) is 19.7. The number of carboxylic acids is 1. The smallest absolute Gasteiger partial charge is 0.489 e. The van der Waals surface area contributed by atoms with Gasteiger partial charge in [-0.15, -0.1) is 22.7 Å². The molecule has 0 atom stereocenters. The van der Waals surface area contributed by atoms with E-state index in [0.29, 0.717) is 11.3 Å². The van der Waals surface area contributed by atoms with Crippen LogP contribution in [0.25, 0.3) is 20.4 Å². The first kappa shape index (κ1) is 39.2. The summed E-state index contributed by atoms with van der Waals surface area (Å²) in [5, 5.41) is 10.9. The summed E-state index contributed by atoms with van der Waals surface area (Å²) in [4.78, 5) is 35.7. The minimum Gasteiger partial charge on any atom is -0.489 e. The number of unbranched alkanes of at least 4 members (excludes halogenated alkanes) is 1. The Morgan fingerprint density at radius 1 is 1.00 bits per heavy atom. The number of hydrogen-bond acceptors (Lipinski definition) is 10. The molecule has 0 radical (unpaired) electrons. The molecule has 0 saturated carbocycles. The molecule has 5 heterocycles. The molecule has 0 aromatic carbocycles. The Balaban J connectivity index is 0.000000575. The van der Waals surface area contributed by atoms with Crippen LogP contribution in [0.4, 0.5) is 0 Å². The van der Waals surface area contributed by atoms with Crippen LogP contribution < -0.4 is 28.3 Å². The summed E-state index contributed by atoms with van der Waals surface area (Å²) in [5.41, 5.74) is 1.68. The number of ether oxygens (including phenoxy) is 3. The van der Waals surface area contributed by atoms with Gasteiger partial charge >= 0.3 is 31.0 Å². The van der Waals surface area contributed by atoms with Gasteiger partial charge in [0.1, 0.15) is 16.4 Å². The number of rotatable bonds is 6. The van der Waals surface area contributed by atoms with Gasteiger partial charge in [0.25, 0.3) is 0 Å². The molecule has 12 heteroatoms. The molecule has 4 aromatic heterocycles. The van der Waals surface area contributed by atoms with Crippen molar-refractivity contribution in [1.29, 1.82) is 0 Å². The van der Waals surface area contributed by atoms with Gasteiger partial charge in [0.2, 0.25) is 0 Å². The fourth-order valence-corrected chi connectivity index (χ4v) is 4.79. The predicted octanol–water partition coefficient (Wildman–Crippen LogP) is 4.70. The Morgan fingerprint density at radius 3 is 1.93 bits per heavy atom. The van der Waals surface area contributed by atoms with Gasteiger partial charge in [0.15, 0.2) is 0 Å². The minimum absolute atomic E-state index is 0. The number of carboxylic acid groups (broad SMARTS) is 1. The van der Waals surface area contributed by atoms with E-state index in [-0.39, 0.29) is 42.1 Å². The van der Waals surface area contributed by atoms with E-state index >= 15 is 0 Å². The van der Waals surface area contributed by atoms with Crippen LogP contribution in [0.1, 0.15) is 70.0 Å². The van der Waals surface area contributed by atoms with Crippen LogP contribution in [-0.4, -0.2) is 52.6 Å². The molecule has 1 aliphatic rings. The fourth-order valence-electron chi connectivity index (χ4n) is 3.07. The van der Waals surface area contributed by atoms with Gasteiger partial charge in [0, 0.05) is 25.6 Å². The Labute approximate surface area is 267 Å². The molecule has 0 bridgehead atoms. The van der Waals surface area contributed by atoms with Crippen molar-refractivity contribution in [2.45, 2.75) is 72.5 Å². The van der Waals surface area contributed by atoms with E-state index < -0.39 is 5.97 Å². The quantitative estimate of drug-likeness (QED) is 0.244. The molecule has 224 valence electrons. The SMILES string of the molecule is C1CCOC1.CC(C)Oc1ccnc2cc(C(=O)O)sc12.CC(C)Oc1ccnc2ccsc12.O=C=O.[CH2-]CCC.[Li+]. The summed E-state index contributed by atoms with van der Waals surface area (Å²) in [5.74, 6) is 0.700. The van der Waals surface area contributed by atoms with E-state index in [1.165, 1.54) is 30.6 Å². The molecule has 42 heavy (non-hydrogen) atoms. The predicted molar refractivity (Wildman–Crippen MR) is 163 cm³/mol. The summed E-state index contributed by atoms with van der Waals surface area (Å²) in [7, 11) is 0. The number of aromatic nitrogens is 2. The van der Waals surface area contributed by atoms with Gasteiger partial charge in [-0.05, 0) is 70.2 Å². The topological polar surface area (TPSA) is 125 Å². The number of nitrogens with zero attached hydrogens (tertiary/aromatic N) is 2. The van der Waals surface area contributed by atoms with Crippen molar-refractivity contribution in [2.24, 2.45) is 0 Å². The molecule has 0 amide bonds. The van der Waals surface area contributed by atoms with E-state index in [4.69, 9.17) is 28.9 Å². The molecule has 1 saturated heterocycles.